The van der Waals surface area contributed by atoms with Crippen molar-refractivity contribution in [1.82, 2.24) is 35.0 Å². The number of hydrogen-bond donors (Lipinski definition) is 4. The SMILES string of the molecule is Cc1cc2[nH]ncc2c(-c2[nH]c(=O)c3c(N[C@H](C)c4cc(F)cnc4N)nc(OCC4(CN5CCCC5)CC4)nc3c2F)c1C(F)(F)F. The lowest BCUT2D eigenvalue weighted by atomic mass is 9.94. The highest BCUT2D eigenvalue weighted by Crippen LogP contribution is 2.47. The second-order valence-electron chi connectivity index (χ2n) is 12.8. The van der Waals surface area contributed by atoms with E-state index >= 15 is 4.39 Å². The summed E-state index contributed by atoms with van der Waals surface area (Å²) in [5.41, 5.74) is 2.13. The summed E-state index contributed by atoms with van der Waals surface area (Å²) in [6.07, 6.45) is 1.26. The van der Waals surface area contributed by atoms with Gasteiger partial charge in [0.1, 0.15) is 28.4 Å². The first-order chi connectivity index (χ1) is 22.8. The molecular weight excluding hydrogens is 637 g/mol. The van der Waals surface area contributed by atoms with Crippen molar-refractivity contribution in [3.8, 4) is 17.3 Å². The van der Waals surface area contributed by atoms with Gasteiger partial charge < -0.3 is 25.7 Å². The number of aromatic amines is 2. The smallest absolute Gasteiger partial charge is 0.417 e. The van der Waals surface area contributed by atoms with Gasteiger partial charge in [0.2, 0.25) is 0 Å². The summed E-state index contributed by atoms with van der Waals surface area (Å²) >= 11 is 0. The van der Waals surface area contributed by atoms with Crippen molar-refractivity contribution < 1.29 is 26.7 Å². The summed E-state index contributed by atoms with van der Waals surface area (Å²) in [5, 5.41) is 9.01. The number of halogens is 5. The predicted octanol–water partition coefficient (Wildman–Crippen LogP) is 5.87. The largest absolute Gasteiger partial charge is 0.463 e. The summed E-state index contributed by atoms with van der Waals surface area (Å²) in [4.78, 5) is 30.9. The molecule has 0 amide bonds. The standard InChI is InChI=1S/C32H32F5N9O2/c1-15-9-20-19(12-40-45-20)21(23(15)32(35,36)37)25-24(34)26-22(29(47)42-25)28(41-16(2)18-10-17(33)11-39-27(18)38)44-30(43-26)48-14-31(5-6-31)13-46-7-3-4-8-46/h9-12,16H,3-8,13-14H2,1-2H3,(H2,38,39)(H,40,45)(H,42,47)(H,41,43,44)/t16-/m1/s1. The number of hydrogen-bond acceptors (Lipinski definition) is 9. The number of fused-ring (bicyclic) bond motifs is 2. The predicted molar refractivity (Wildman–Crippen MR) is 168 cm³/mol. The lowest BCUT2D eigenvalue weighted by Gasteiger charge is -2.23. The van der Waals surface area contributed by atoms with Crippen molar-refractivity contribution in [2.45, 2.75) is 51.7 Å². The number of rotatable bonds is 9. The van der Waals surface area contributed by atoms with E-state index in [1.54, 1.807) is 6.92 Å². The topological polar surface area (TPSA) is 151 Å². The molecule has 1 aliphatic heterocycles. The zero-order valence-electron chi connectivity index (χ0n) is 26.1. The minimum absolute atomic E-state index is 0.00876. The normalized spacial score (nSPS) is 16.9. The van der Waals surface area contributed by atoms with E-state index in [4.69, 9.17) is 10.5 Å². The van der Waals surface area contributed by atoms with E-state index in [0.717, 1.165) is 63.8 Å². The van der Waals surface area contributed by atoms with Crippen LogP contribution in [0.1, 0.15) is 55.3 Å². The van der Waals surface area contributed by atoms with Gasteiger partial charge in [-0.05, 0) is 70.3 Å². The second kappa shape index (κ2) is 11.7. The Kier molecular flexibility index (Phi) is 7.72. The number of nitrogens with one attached hydrogen (secondary N) is 3. The Morgan fingerprint density at radius 1 is 1.15 bits per heavy atom. The average Bonchev–Trinajstić information content (AvgIpc) is 3.34. The van der Waals surface area contributed by atoms with E-state index in [1.165, 1.54) is 13.0 Å². The Morgan fingerprint density at radius 3 is 2.60 bits per heavy atom. The third-order valence-corrected chi connectivity index (χ3v) is 9.22. The molecule has 1 aliphatic carbocycles. The Balaban J connectivity index is 1.38. The van der Waals surface area contributed by atoms with Crippen molar-refractivity contribution in [2.75, 3.05) is 37.3 Å². The maximum absolute atomic E-state index is 16.7. The number of aromatic nitrogens is 6. The third kappa shape index (κ3) is 5.77. The number of alkyl halides is 3. The molecule has 1 atom stereocenters. The second-order valence-corrected chi connectivity index (χ2v) is 12.8. The highest BCUT2D eigenvalue weighted by Gasteiger charge is 2.45. The molecule has 5 N–H and O–H groups in total. The zero-order chi connectivity index (χ0) is 34.0. The molecule has 5 aromatic rings. The first-order valence-electron chi connectivity index (χ1n) is 15.5. The van der Waals surface area contributed by atoms with Gasteiger partial charge in [-0.2, -0.15) is 28.2 Å². The Bertz CT molecular complexity index is 2100. The van der Waals surface area contributed by atoms with Crippen LogP contribution in [0.4, 0.5) is 33.6 Å². The average molecular weight is 670 g/mol. The Morgan fingerprint density at radius 2 is 1.90 bits per heavy atom. The quantitative estimate of drug-likeness (QED) is 0.141. The molecule has 16 heteroatoms. The molecule has 1 aromatic carbocycles. The highest BCUT2D eigenvalue weighted by molar-refractivity contribution is 5.99. The first kappa shape index (κ1) is 31.7. The molecule has 0 spiro atoms. The van der Waals surface area contributed by atoms with Crippen LogP contribution in [-0.2, 0) is 6.18 Å². The minimum atomic E-state index is -4.90. The molecule has 0 bridgehead atoms. The zero-order valence-corrected chi connectivity index (χ0v) is 26.1. The van der Waals surface area contributed by atoms with Crippen LogP contribution in [0.25, 0.3) is 33.1 Å². The van der Waals surface area contributed by atoms with Crippen LogP contribution in [0.2, 0.25) is 0 Å². The number of pyridine rings is 2. The van der Waals surface area contributed by atoms with Crippen LogP contribution in [0.15, 0.2) is 29.3 Å². The van der Waals surface area contributed by atoms with E-state index < -0.39 is 51.7 Å². The van der Waals surface area contributed by atoms with Crippen molar-refractivity contribution in [3.63, 3.8) is 0 Å². The maximum atomic E-state index is 16.7. The van der Waals surface area contributed by atoms with Crippen LogP contribution < -0.4 is 21.3 Å². The maximum Gasteiger partial charge on any atom is 0.417 e. The van der Waals surface area contributed by atoms with Gasteiger partial charge in [-0.1, -0.05) is 0 Å². The first-order valence-corrected chi connectivity index (χ1v) is 15.5. The molecular formula is C32H32F5N9O2. The Labute approximate surface area is 270 Å². The van der Waals surface area contributed by atoms with Gasteiger partial charge in [0.05, 0.1) is 41.8 Å². The van der Waals surface area contributed by atoms with Crippen molar-refractivity contribution in [1.29, 1.82) is 0 Å². The van der Waals surface area contributed by atoms with Gasteiger partial charge in [0, 0.05) is 28.5 Å². The molecule has 2 fully saturated rings. The number of benzene rings is 1. The van der Waals surface area contributed by atoms with Gasteiger partial charge in [0.25, 0.3) is 5.56 Å². The Hall–Kier alpha value is -4.86. The molecule has 1 saturated carbocycles. The van der Waals surface area contributed by atoms with Gasteiger partial charge >= 0.3 is 12.2 Å². The van der Waals surface area contributed by atoms with Crippen LogP contribution in [0.5, 0.6) is 6.01 Å². The van der Waals surface area contributed by atoms with Crippen LogP contribution in [0, 0.1) is 24.0 Å². The third-order valence-electron chi connectivity index (χ3n) is 9.22. The monoisotopic (exact) mass is 669 g/mol. The minimum Gasteiger partial charge on any atom is -0.463 e. The van der Waals surface area contributed by atoms with Crippen LogP contribution in [0.3, 0.4) is 0 Å². The summed E-state index contributed by atoms with van der Waals surface area (Å²) in [6, 6.07) is 1.34. The van der Waals surface area contributed by atoms with Gasteiger partial charge in [0.15, 0.2) is 5.82 Å². The molecule has 252 valence electrons. The number of nitrogen functional groups attached to an aromatic ring is 1. The van der Waals surface area contributed by atoms with E-state index in [1.807, 2.05) is 0 Å². The van der Waals surface area contributed by atoms with Crippen LogP contribution in [-0.4, -0.2) is 61.3 Å². The van der Waals surface area contributed by atoms with Gasteiger partial charge in [-0.25, -0.2) is 13.8 Å². The molecule has 1 saturated heterocycles. The molecule has 11 nitrogen and oxygen atoms in total. The molecule has 7 rings (SSSR count). The summed E-state index contributed by atoms with van der Waals surface area (Å²) in [7, 11) is 0. The van der Waals surface area contributed by atoms with Crippen molar-refractivity contribution in [3.05, 3.63) is 63.2 Å². The fraction of sp³-hybridized carbons (Fsp3) is 0.406. The summed E-state index contributed by atoms with van der Waals surface area (Å²) in [5.74, 6) is -2.06. The summed E-state index contributed by atoms with van der Waals surface area (Å²) in [6.45, 7) is 5.88. The van der Waals surface area contributed by atoms with Crippen LogP contribution >= 0.6 is 0 Å². The molecule has 4 aromatic heterocycles. The molecule has 0 unspecified atom stereocenters. The number of anilines is 2. The van der Waals surface area contributed by atoms with E-state index in [-0.39, 0.29) is 57.1 Å². The number of likely N-dealkylation sites (tertiary alicyclic amines) is 1. The van der Waals surface area contributed by atoms with E-state index in [9.17, 15) is 22.4 Å². The molecule has 0 radical (unpaired) electrons. The molecule has 5 heterocycles. The number of aryl methyl sites for hydroxylation is 1. The number of nitrogens with two attached hydrogens (primary N) is 1. The summed E-state index contributed by atoms with van der Waals surface area (Å²) < 4.78 is 80.3. The lowest BCUT2D eigenvalue weighted by Crippen LogP contribution is -2.31. The van der Waals surface area contributed by atoms with E-state index in [2.05, 4.69) is 40.3 Å². The van der Waals surface area contributed by atoms with Gasteiger partial charge in [-0.15, -0.1) is 0 Å². The number of nitrogens with zero attached hydrogens (tertiary/aromatic N) is 5. The van der Waals surface area contributed by atoms with Crippen molar-refractivity contribution >= 4 is 33.4 Å². The number of ether oxygens (including phenoxy) is 1. The fourth-order valence-electron chi connectivity index (χ4n) is 6.61. The van der Waals surface area contributed by atoms with Gasteiger partial charge in [-0.3, -0.25) is 9.89 Å². The molecule has 48 heavy (non-hydrogen) atoms. The number of H-pyrrole nitrogens is 2. The molecule has 2 aliphatic rings. The lowest BCUT2D eigenvalue weighted by molar-refractivity contribution is -0.137. The fourth-order valence-corrected chi connectivity index (χ4v) is 6.61. The van der Waals surface area contributed by atoms with Crippen molar-refractivity contribution in [2.24, 2.45) is 5.41 Å². The highest BCUT2D eigenvalue weighted by atomic mass is 19.4. The van der Waals surface area contributed by atoms with E-state index in [0.29, 0.717) is 0 Å².